The number of nitrogens with zero attached hydrogens (tertiary/aromatic N) is 4. The van der Waals surface area contributed by atoms with Crippen molar-refractivity contribution in [1.29, 1.82) is 0 Å². The molecule has 31 heavy (non-hydrogen) atoms. The van der Waals surface area contributed by atoms with E-state index in [9.17, 15) is 0 Å². The number of anilines is 1. The molecule has 0 aliphatic carbocycles. The van der Waals surface area contributed by atoms with E-state index in [0.717, 1.165) is 53.9 Å². The van der Waals surface area contributed by atoms with E-state index in [1.165, 1.54) is 16.8 Å². The van der Waals surface area contributed by atoms with E-state index in [0.29, 0.717) is 0 Å². The fourth-order valence-corrected chi connectivity index (χ4v) is 4.55. The third-order valence-corrected chi connectivity index (χ3v) is 6.07. The number of hydrogen-bond acceptors (Lipinski definition) is 4. The van der Waals surface area contributed by atoms with Gasteiger partial charge in [-0.1, -0.05) is 48.5 Å². The van der Waals surface area contributed by atoms with Crippen LogP contribution in [0.25, 0.3) is 38.8 Å². The normalized spacial score (nSPS) is 14.4. The number of benzene rings is 2. The van der Waals surface area contributed by atoms with Crippen LogP contribution in [0, 0.1) is 0 Å². The SMILES string of the molecule is c1ccc(N2CCNCC2)c(-c2cccn3ncc(-c4ccc5ccccc5n4)c23)c1. The fraction of sp³-hybridized carbons (Fsp3) is 0.154. The first-order valence-corrected chi connectivity index (χ1v) is 10.8. The minimum Gasteiger partial charge on any atom is -0.368 e. The molecule has 3 aromatic heterocycles. The number of fused-ring (bicyclic) bond motifs is 2. The van der Waals surface area contributed by atoms with Gasteiger partial charge in [-0.15, -0.1) is 0 Å². The van der Waals surface area contributed by atoms with Gasteiger partial charge in [0.2, 0.25) is 0 Å². The van der Waals surface area contributed by atoms with E-state index in [1.807, 2.05) is 29.0 Å². The van der Waals surface area contributed by atoms with Crippen LogP contribution >= 0.6 is 0 Å². The van der Waals surface area contributed by atoms with Gasteiger partial charge in [-0.05, 0) is 24.3 Å². The van der Waals surface area contributed by atoms with Gasteiger partial charge in [-0.2, -0.15) is 5.10 Å². The van der Waals surface area contributed by atoms with E-state index in [2.05, 4.69) is 76.0 Å². The van der Waals surface area contributed by atoms with Crippen LogP contribution in [-0.2, 0) is 0 Å². The molecule has 5 heteroatoms. The number of rotatable bonds is 3. The van der Waals surface area contributed by atoms with Gasteiger partial charge in [-0.3, -0.25) is 0 Å². The third-order valence-electron chi connectivity index (χ3n) is 6.07. The molecule has 152 valence electrons. The highest BCUT2D eigenvalue weighted by atomic mass is 15.2. The van der Waals surface area contributed by atoms with Crippen LogP contribution < -0.4 is 10.2 Å². The molecule has 5 aromatic rings. The van der Waals surface area contributed by atoms with Crippen LogP contribution in [0.15, 0.2) is 85.2 Å². The van der Waals surface area contributed by atoms with Crippen molar-refractivity contribution >= 4 is 22.1 Å². The van der Waals surface area contributed by atoms with Gasteiger partial charge in [0.1, 0.15) is 0 Å². The Hall–Kier alpha value is -3.70. The molecule has 4 heterocycles. The summed E-state index contributed by atoms with van der Waals surface area (Å²) in [7, 11) is 0. The number of hydrogen-bond donors (Lipinski definition) is 1. The van der Waals surface area contributed by atoms with Gasteiger partial charge in [0, 0.05) is 60.1 Å². The van der Waals surface area contributed by atoms with E-state index in [-0.39, 0.29) is 0 Å². The summed E-state index contributed by atoms with van der Waals surface area (Å²) in [4.78, 5) is 7.41. The highest BCUT2D eigenvalue weighted by Crippen LogP contribution is 2.37. The van der Waals surface area contributed by atoms with Crippen molar-refractivity contribution in [3.63, 3.8) is 0 Å². The van der Waals surface area contributed by atoms with Crippen LogP contribution in [0.4, 0.5) is 5.69 Å². The Morgan fingerprint density at radius 2 is 1.55 bits per heavy atom. The maximum atomic E-state index is 4.94. The molecule has 1 fully saturated rings. The van der Waals surface area contributed by atoms with Gasteiger partial charge in [-0.25, -0.2) is 9.50 Å². The van der Waals surface area contributed by atoms with Crippen molar-refractivity contribution in [1.82, 2.24) is 19.9 Å². The monoisotopic (exact) mass is 405 g/mol. The van der Waals surface area contributed by atoms with Crippen molar-refractivity contribution < 1.29 is 0 Å². The molecule has 0 spiro atoms. The number of nitrogens with one attached hydrogen (secondary N) is 1. The average Bonchev–Trinajstić information content (AvgIpc) is 3.29. The summed E-state index contributed by atoms with van der Waals surface area (Å²) < 4.78 is 1.97. The second-order valence-corrected chi connectivity index (χ2v) is 7.92. The molecule has 6 rings (SSSR count). The summed E-state index contributed by atoms with van der Waals surface area (Å²) in [6.07, 6.45) is 3.94. The van der Waals surface area contributed by atoms with Crippen molar-refractivity contribution in [2.75, 3.05) is 31.1 Å². The van der Waals surface area contributed by atoms with Crippen LogP contribution in [0.1, 0.15) is 0 Å². The molecule has 0 saturated carbocycles. The van der Waals surface area contributed by atoms with Gasteiger partial charge >= 0.3 is 0 Å². The first kappa shape index (κ1) is 18.1. The Bertz CT molecular complexity index is 1380. The molecule has 1 aliphatic rings. The van der Waals surface area contributed by atoms with E-state index >= 15 is 0 Å². The summed E-state index contributed by atoms with van der Waals surface area (Å²) in [6, 6.07) is 25.4. The molecule has 1 aliphatic heterocycles. The lowest BCUT2D eigenvalue weighted by Gasteiger charge is -2.31. The molecular weight excluding hydrogens is 382 g/mol. The molecule has 0 bridgehead atoms. The zero-order valence-electron chi connectivity index (χ0n) is 17.2. The van der Waals surface area contributed by atoms with Crippen molar-refractivity contribution in [3.05, 3.63) is 85.2 Å². The van der Waals surface area contributed by atoms with E-state index < -0.39 is 0 Å². The second kappa shape index (κ2) is 7.52. The maximum Gasteiger partial charge on any atom is 0.0834 e. The number of pyridine rings is 2. The molecule has 2 aromatic carbocycles. The number of piperazine rings is 1. The van der Waals surface area contributed by atoms with Gasteiger partial charge in [0.25, 0.3) is 0 Å². The topological polar surface area (TPSA) is 45.5 Å². The molecular formula is C26H23N5. The highest BCUT2D eigenvalue weighted by Gasteiger charge is 2.19. The van der Waals surface area contributed by atoms with Gasteiger partial charge < -0.3 is 10.2 Å². The van der Waals surface area contributed by atoms with Crippen molar-refractivity contribution in [3.8, 4) is 22.4 Å². The smallest absolute Gasteiger partial charge is 0.0834 e. The van der Waals surface area contributed by atoms with Crippen LogP contribution in [-0.4, -0.2) is 40.8 Å². The summed E-state index contributed by atoms with van der Waals surface area (Å²) in [5, 5.41) is 9.25. The molecule has 1 saturated heterocycles. The zero-order chi connectivity index (χ0) is 20.6. The first-order valence-electron chi connectivity index (χ1n) is 10.8. The third kappa shape index (κ3) is 3.14. The average molecular weight is 406 g/mol. The molecule has 0 radical (unpaired) electrons. The first-order chi connectivity index (χ1) is 15.4. The lowest BCUT2D eigenvalue weighted by molar-refractivity contribution is 0.589. The van der Waals surface area contributed by atoms with E-state index in [4.69, 9.17) is 4.98 Å². The Balaban J connectivity index is 1.55. The molecule has 1 N–H and O–H groups in total. The maximum absolute atomic E-state index is 4.94. The molecule has 5 nitrogen and oxygen atoms in total. The quantitative estimate of drug-likeness (QED) is 0.476. The lowest BCUT2D eigenvalue weighted by Crippen LogP contribution is -2.43. The predicted octanol–water partition coefficient (Wildman–Crippen LogP) is 4.63. The summed E-state index contributed by atoms with van der Waals surface area (Å²) in [5.41, 5.74) is 7.77. The van der Waals surface area contributed by atoms with Crippen LogP contribution in [0.3, 0.4) is 0 Å². The summed E-state index contributed by atoms with van der Waals surface area (Å²) in [6.45, 7) is 4.05. The fourth-order valence-electron chi connectivity index (χ4n) is 4.55. The van der Waals surface area contributed by atoms with Crippen molar-refractivity contribution in [2.45, 2.75) is 0 Å². The Morgan fingerprint density at radius 3 is 2.48 bits per heavy atom. The molecule has 0 amide bonds. The minimum atomic E-state index is 0.945. The summed E-state index contributed by atoms with van der Waals surface area (Å²) in [5.74, 6) is 0. The standard InChI is InChI=1S/C26H23N5/c1-3-9-23-19(6-1)11-12-24(29-23)22-18-28-31-15-5-8-21(26(22)31)20-7-2-4-10-25(20)30-16-13-27-14-17-30/h1-12,15,18,27H,13-14,16-17H2. The largest absolute Gasteiger partial charge is 0.368 e. The molecule has 0 unspecified atom stereocenters. The Morgan fingerprint density at radius 1 is 0.742 bits per heavy atom. The predicted molar refractivity (Wildman–Crippen MR) is 126 cm³/mol. The van der Waals surface area contributed by atoms with Gasteiger partial charge in [0.15, 0.2) is 0 Å². The van der Waals surface area contributed by atoms with Crippen LogP contribution in [0.5, 0.6) is 0 Å². The lowest BCUT2D eigenvalue weighted by atomic mass is 9.99. The van der Waals surface area contributed by atoms with Gasteiger partial charge in [0.05, 0.1) is 22.9 Å². The van der Waals surface area contributed by atoms with E-state index in [1.54, 1.807) is 0 Å². The highest BCUT2D eigenvalue weighted by molar-refractivity contribution is 5.96. The zero-order valence-corrected chi connectivity index (χ0v) is 17.2. The molecule has 0 atom stereocenters. The second-order valence-electron chi connectivity index (χ2n) is 7.92. The minimum absolute atomic E-state index is 0.945. The Labute approximate surface area is 181 Å². The van der Waals surface area contributed by atoms with Crippen LogP contribution in [0.2, 0.25) is 0 Å². The van der Waals surface area contributed by atoms with Crippen molar-refractivity contribution in [2.24, 2.45) is 0 Å². The number of para-hydroxylation sites is 2. The Kier molecular flexibility index (Phi) is 4.39. The summed E-state index contributed by atoms with van der Waals surface area (Å²) >= 11 is 0. The number of aromatic nitrogens is 3.